The minimum Gasteiger partial charge on any atom is -0.462 e. The molecule has 0 spiro atoms. The number of rotatable bonds is 3. The summed E-state index contributed by atoms with van der Waals surface area (Å²) >= 11 is 1.46. The van der Waals surface area contributed by atoms with Gasteiger partial charge in [-0.25, -0.2) is 4.79 Å². The number of nitrogens with zero attached hydrogens (tertiary/aromatic N) is 1. The molecule has 0 N–H and O–H groups in total. The van der Waals surface area contributed by atoms with Crippen molar-refractivity contribution in [3.8, 4) is 0 Å². The molecular weight excluding hydrogens is 234 g/mol. The summed E-state index contributed by atoms with van der Waals surface area (Å²) in [7, 11) is 0. The molecule has 3 nitrogen and oxygen atoms in total. The first-order valence-electron chi connectivity index (χ1n) is 5.68. The number of aromatic nitrogens is 1. The van der Waals surface area contributed by atoms with Crippen LogP contribution in [0.1, 0.15) is 41.9 Å². The van der Waals surface area contributed by atoms with E-state index in [2.05, 4.69) is 18.8 Å². The lowest BCUT2D eigenvalue weighted by Gasteiger charge is -2.07. The van der Waals surface area contributed by atoms with Crippen LogP contribution in [-0.2, 0) is 4.74 Å². The van der Waals surface area contributed by atoms with Crippen molar-refractivity contribution in [2.75, 3.05) is 6.61 Å². The van der Waals surface area contributed by atoms with Crippen molar-refractivity contribution >= 4 is 27.4 Å². The highest BCUT2D eigenvalue weighted by Gasteiger charge is 2.21. The Kier molecular flexibility index (Phi) is 3.43. The van der Waals surface area contributed by atoms with E-state index in [0.717, 1.165) is 15.6 Å². The average molecular weight is 249 g/mol. The molecule has 0 aromatic carbocycles. The molecule has 0 fully saturated rings. The minimum atomic E-state index is -0.225. The van der Waals surface area contributed by atoms with Crippen LogP contribution >= 0.6 is 11.3 Å². The standard InChI is InChI=1S/C13H15NO2S/c1-4-16-13(15)12-11(8(2)3)9-5-6-14-7-10(9)17-12/h5-8H,4H2,1-3H3. The lowest BCUT2D eigenvalue weighted by molar-refractivity contribution is 0.0530. The monoisotopic (exact) mass is 249 g/mol. The van der Waals surface area contributed by atoms with E-state index < -0.39 is 0 Å². The predicted molar refractivity (Wildman–Crippen MR) is 69.7 cm³/mol. The lowest BCUT2D eigenvalue weighted by atomic mass is 10.0. The summed E-state index contributed by atoms with van der Waals surface area (Å²) in [6, 6.07) is 1.96. The van der Waals surface area contributed by atoms with Crippen molar-refractivity contribution in [1.29, 1.82) is 0 Å². The molecule has 2 rings (SSSR count). The molecule has 2 heterocycles. The van der Waals surface area contributed by atoms with Gasteiger partial charge in [0.05, 0.1) is 11.3 Å². The number of pyridine rings is 1. The topological polar surface area (TPSA) is 39.2 Å². The van der Waals surface area contributed by atoms with Crippen LogP contribution in [0.3, 0.4) is 0 Å². The van der Waals surface area contributed by atoms with Gasteiger partial charge in [-0.2, -0.15) is 0 Å². The second-order valence-electron chi connectivity index (χ2n) is 4.09. The number of hydrogen-bond donors (Lipinski definition) is 0. The molecule has 2 aromatic rings. The maximum atomic E-state index is 11.9. The van der Waals surface area contributed by atoms with E-state index >= 15 is 0 Å². The Hall–Kier alpha value is -1.42. The van der Waals surface area contributed by atoms with E-state index in [1.165, 1.54) is 11.3 Å². The lowest BCUT2D eigenvalue weighted by Crippen LogP contribution is -2.05. The van der Waals surface area contributed by atoms with Crippen LogP contribution in [-0.4, -0.2) is 17.6 Å². The van der Waals surface area contributed by atoms with Crippen molar-refractivity contribution in [2.45, 2.75) is 26.7 Å². The Morgan fingerprint density at radius 2 is 2.29 bits per heavy atom. The zero-order valence-corrected chi connectivity index (χ0v) is 11.0. The zero-order chi connectivity index (χ0) is 12.4. The highest BCUT2D eigenvalue weighted by molar-refractivity contribution is 7.21. The van der Waals surface area contributed by atoms with Gasteiger partial charge in [-0.15, -0.1) is 11.3 Å². The van der Waals surface area contributed by atoms with Crippen LogP contribution in [0, 0.1) is 0 Å². The molecule has 90 valence electrons. The molecule has 0 aliphatic heterocycles. The van der Waals surface area contributed by atoms with E-state index in [0.29, 0.717) is 17.4 Å². The average Bonchev–Trinajstić information content (AvgIpc) is 2.68. The fraction of sp³-hybridized carbons (Fsp3) is 0.385. The van der Waals surface area contributed by atoms with Gasteiger partial charge in [0.25, 0.3) is 0 Å². The molecule has 0 aliphatic carbocycles. The van der Waals surface area contributed by atoms with Crippen LogP contribution < -0.4 is 0 Å². The van der Waals surface area contributed by atoms with E-state index in [4.69, 9.17) is 4.74 Å². The second kappa shape index (κ2) is 4.84. The number of fused-ring (bicyclic) bond motifs is 1. The van der Waals surface area contributed by atoms with E-state index in [1.54, 1.807) is 12.4 Å². The fourth-order valence-corrected chi connectivity index (χ4v) is 3.11. The molecule has 0 bridgehead atoms. The quantitative estimate of drug-likeness (QED) is 0.780. The third-order valence-corrected chi connectivity index (χ3v) is 3.71. The summed E-state index contributed by atoms with van der Waals surface area (Å²) in [4.78, 5) is 16.7. The molecule has 17 heavy (non-hydrogen) atoms. The van der Waals surface area contributed by atoms with Gasteiger partial charge in [0, 0.05) is 12.4 Å². The third kappa shape index (κ3) is 2.17. The SMILES string of the molecule is CCOC(=O)c1sc2cnccc2c1C(C)C. The van der Waals surface area contributed by atoms with E-state index in [-0.39, 0.29) is 5.97 Å². The van der Waals surface area contributed by atoms with E-state index in [1.807, 2.05) is 13.0 Å². The highest BCUT2D eigenvalue weighted by atomic mass is 32.1. The van der Waals surface area contributed by atoms with Gasteiger partial charge in [0.2, 0.25) is 0 Å². The smallest absolute Gasteiger partial charge is 0.348 e. The largest absolute Gasteiger partial charge is 0.462 e. The van der Waals surface area contributed by atoms with Crippen molar-refractivity contribution in [3.63, 3.8) is 0 Å². The number of carbonyl (C=O) groups is 1. The molecule has 2 aromatic heterocycles. The number of thiophene rings is 1. The predicted octanol–water partition coefficient (Wildman–Crippen LogP) is 3.60. The molecule has 0 unspecified atom stereocenters. The maximum absolute atomic E-state index is 11.9. The first-order valence-corrected chi connectivity index (χ1v) is 6.50. The first kappa shape index (κ1) is 12.0. The Morgan fingerprint density at radius 3 is 2.94 bits per heavy atom. The van der Waals surface area contributed by atoms with Gasteiger partial charge in [-0.3, -0.25) is 4.98 Å². The first-order chi connectivity index (χ1) is 8.15. The molecule has 0 saturated carbocycles. The summed E-state index contributed by atoms with van der Waals surface area (Å²) in [6.07, 6.45) is 3.56. The Balaban J connectivity index is 2.61. The van der Waals surface area contributed by atoms with Crippen LogP contribution in [0.25, 0.3) is 10.1 Å². The van der Waals surface area contributed by atoms with Gasteiger partial charge in [0.1, 0.15) is 4.88 Å². The van der Waals surface area contributed by atoms with Gasteiger partial charge in [0.15, 0.2) is 0 Å². The van der Waals surface area contributed by atoms with Crippen LogP contribution in [0.5, 0.6) is 0 Å². The van der Waals surface area contributed by atoms with Crippen molar-refractivity contribution in [2.24, 2.45) is 0 Å². The van der Waals surface area contributed by atoms with Crippen LogP contribution in [0.15, 0.2) is 18.5 Å². The fourth-order valence-electron chi connectivity index (χ4n) is 1.89. The summed E-state index contributed by atoms with van der Waals surface area (Å²) in [5.74, 6) is 0.0722. The molecule has 0 amide bonds. The Labute approximate surface area is 104 Å². The summed E-state index contributed by atoms with van der Waals surface area (Å²) in [5.41, 5.74) is 1.07. The zero-order valence-electron chi connectivity index (χ0n) is 10.2. The van der Waals surface area contributed by atoms with E-state index in [9.17, 15) is 4.79 Å². The molecule has 4 heteroatoms. The van der Waals surface area contributed by atoms with Crippen LogP contribution in [0.2, 0.25) is 0 Å². The molecule has 0 radical (unpaired) electrons. The van der Waals surface area contributed by atoms with Crippen molar-refractivity contribution in [3.05, 3.63) is 28.9 Å². The number of carbonyl (C=O) groups excluding carboxylic acids is 1. The maximum Gasteiger partial charge on any atom is 0.348 e. The van der Waals surface area contributed by atoms with Gasteiger partial charge in [-0.05, 0) is 29.9 Å². The molecule has 0 saturated heterocycles. The normalized spacial score (nSPS) is 11.1. The van der Waals surface area contributed by atoms with Crippen LogP contribution in [0.4, 0.5) is 0 Å². The Morgan fingerprint density at radius 1 is 1.53 bits per heavy atom. The highest BCUT2D eigenvalue weighted by Crippen LogP contribution is 2.35. The number of esters is 1. The molecule has 0 atom stereocenters. The Bertz CT molecular complexity index is 545. The molecule has 0 aliphatic rings. The third-order valence-electron chi connectivity index (χ3n) is 2.57. The van der Waals surface area contributed by atoms with Crippen molar-refractivity contribution in [1.82, 2.24) is 4.98 Å². The number of hydrogen-bond acceptors (Lipinski definition) is 4. The summed E-state index contributed by atoms with van der Waals surface area (Å²) in [6.45, 7) is 6.40. The minimum absolute atomic E-state index is 0.225. The van der Waals surface area contributed by atoms with Gasteiger partial charge < -0.3 is 4.74 Å². The van der Waals surface area contributed by atoms with Crippen molar-refractivity contribution < 1.29 is 9.53 Å². The van der Waals surface area contributed by atoms with Gasteiger partial charge >= 0.3 is 5.97 Å². The summed E-state index contributed by atoms with van der Waals surface area (Å²) in [5, 5.41) is 1.11. The number of ether oxygens (including phenoxy) is 1. The molecular formula is C13H15NO2S. The second-order valence-corrected chi connectivity index (χ2v) is 5.14. The van der Waals surface area contributed by atoms with Gasteiger partial charge in [-0.1, -0.05) is 13.8 Å². The summed E-state index contributed by atoms with van der Waals surface area (Å²) < 4.78 is 6.14.